The fourth-order valence-corrected chi connectivity index (χ4v) is 1.32. The number of nitrogens with zero attached hydrogens (tertiary/aromatic N) is 2. The lowest BCUT2D eigenvalue weighted by atomic mass is 10.1. The van der Waals surface area contributed by atoms with Gasteiger partial charge in [0, 0.05) is 6.20 Å². The molecule has 0 aliphatic carbocycles. The first kappa shape index (κ1) is 8.04. The molecule has 0 aliphatic heterocycles. The van der Waals surface area contributed by atoms with Gasteiger partial charge in [0.25, 0.3) is 0 Å². The summed E-state index contributed by atoms with van der Waals surface area (Å²) in [5.41, 5.74) is 7.22. The smallest absolute Gasteiger partial charge is 0.190 e. The molecule has 2 rings (SSSR count). The highest BCUT2D eigenvalue weighted by Gasteiger charge is 2.12. The van der Waals surface area contributed by atoms with Crippen molar-refractivity contribution < 1.29 is 4.52 Å². The number of pyridine rings is 1. The van der Waals surface area contributed by atoms with Crippen molar-refractivity contribution in [2.75, 3.05) is 5.73 Å². The first-order valence-corrected chi connectivity index (χ1v) is 4.20. The van der Waals surface area contributed by atoms with Crippen LogP contribution in [0, 0.1) is 0 Å². The number of rotatable bonds is 1. The van der Waals surface area contributed by atoms with E-state index in [9.17, 15) is 0 Å². The molecule has 0 aromatic carbocycles. The Labute approximate surface area is 75.7 Å². The zero-order valence-corrected chi connectivity index (χ0v) is 7.61. The maximum Gasteiger partial charge on any atom is 0.190 e. The zero-order valence-electron chi connectivity index (χ0n) is 7.61. The minimum atomic E-state index is 0.316. The van der Waals surface area contributed by atoms with E-state index in [1.165, 1.54) is 0 Å². The van der Waals surface area contributed by atoms with E-state index < -0.39 is 0 Å². The summed E-state index contributed by atoms with van der Waals surface area (Å²) in [5, 5.41) is 4.55. The van der Waals surface area contributed by atoms with Crippen LogP contribution >= 0.6 is 0 Å². The van der Waals surface area contributed by atoms with Crippen LogP contribution in [0.2, 0.25) is 0 Å². The van der Waals surface area contributed by atoms with E-state index in [2.05, 4.69) is 24.0 Å². The second-order valence-corrected chi connectivity index (χ2v) is 3.30. The largest absolute Gasteiger partial charge is 0.380 e. The number of aromatic nitrogens is 2. The van der Waals surface area contributed by atoms with Crippen molar-refractivity contribution in [1.29, 1.82) is 0 Å². The standard InChI is InChI=1S/C9H11N3O/c1-5(2)7-8-6(3-4-11-7)9(10)12-13-8/h3-5H,1-2H3,(H2,10,12). The highest BCUT2D eigenvalue weighted by molar-refractivity contribution is 5.88. The molecule has 0 aliphatic rings. The summed E-state index contributed by atoms with van der Waals surface area (Å²) in [5.74, 6) is 0.746. The molecule has 2 aromatic rings. The van der Waals surface area contributed by atoms with Gasteiger partial charge in [-0.25, -0.2) is 0 Å². The summed E-state index contributed by atoms with van der Waals surface area (Å²) in [4.78, 5) is 4.23. The molecule has 13 heavy (non-hydrogen) atoms. The first-order chi connectivity index (χ1) is 6.20. The summed E-state index contributed by atoms with van der Waals surface area (Å²) in [6.07, 6.45) is 1.73. The Balaban J connectivity index is 2.77. The zero-order chi connectivity index (χ0) is 9.42. The third-order valence-corrected chi connectivity index (χ3v) is 1.99. The van der Waals surface area contributed by atoms with Crippen molar-refractivity contribution in [1.82, 2.24) is 10.1 Å². The number of nitrogens with two attached hydrogens (primary N) is 1. The third kappa shape index (κ3) is 1.14. The minimum Gasteiger partial charge on any atom is -0.380 e. The molecule has 0 saturated heterocycles. The van der Waals surface area contributed by atoms with Gasteiger partial charge in [-0.2, -0.15) is 0 Å². The number of hydrogen-bond donors (Lipinski definition) is 1. The van der Waals surface area contributed by atoms with Crippen molar-refractivity contribution in [3.05, 3.63) is 18.0 Å². The van der Waals surface area contributed by atoms with Crippen LogP contribution in [0.3, 0.4) is 0 Å². The van der Waals surface area contributed by atoms with Crippen molar-refractivity contribution in [2.45, 2.75) is 19.8 Å². The van der Waals surface area contributed by atoms with Crippen LogP contribution in [0.5, 0.6) is 0 Å². The van der Waals surface area contributed by atoms with Crippen LogP contribution < -0.4 is 5.73 Å². The molecule has 0 atom stereocenters. The molecule has 0 spiro atoms. The lowest BCUT2D eigenvalue weighted by Gasteiger charge is -2.02. The summed E-state index contributed by atoms with van der Waals surface area (Å²) in [7, 11) is 0. The fraction of sp³-hybridized carbons (Fsp3) is 0.333. The molecule has 4 nitrogen and oxygen atoms in total. The number of fused-ring (bicyclic) bond motifs is 1. The molecule has 0 amide bonds. The highest BCUT2D eigenvalue weighted by atomic mass is 16.5. The van der Waals surface area contributed by atoms with Gasteiger partial charge >= 0.3 is 0 Å². The topological polar surface area (TPSA) is 64.9 Å². The monoisotopic (exact) mass is 177 g/mol. The molecule has 0 fully saturated rings. The Bertz CT molecular complexity index is 433. The Hall–Kier alpha value is -1.58. The molecule has 2 N–H and O–H groups in total. The van der Waals surface area contributed by atoms with Gasteiger partial charge in [-0.1, -0.05) is 19.0 Å². The van der Waals surface area contributed by atoms with Gasteiger partial charge in [-0.3, -0.25) is 4.98 Å². The predicted octanol–water partition coefficient (Wildman–Crippen LogP) is 1.93. The van der Waals surface area contributed by atoms with Gasteiger partial charge in [0.1, 0.15) is 0 Å². The number of hydrogen-bond acceptors (Lipinski definition) is 4. The molecular formula is C9H11N3O. The molecule has 4 heteroatoms. The van der Waals surface area contributed by atoms with E-state index in [1.807, 2.05) is 6.07 Å². The van der Waals surface area contributed by atoms with Gasteiger partial charge in [0.2, 0.25) is 0 Å². The maximum atomic E-state index is 5.61. The molecule has 2 aromatic heterocycles. The molecule has 0 bridgehead atoms. The third-order valence-electron chi connectivity index (χ3n) is 1.99. The molecule has 2 heterocycles. The first-order valence-electron chi connectivity index (χ1n) is 4.20. The van der Waals surface area contributed by atoms with E-state index >= 15 is 0 Å². The average Bonchev–Trinajstić information content (AvgIpc) is 2.48. The van der Waals surface area contributed by atoms with Crippen LogP contribution in [0.1, 0.15) is 25.5 Å². The molecular weight excluding hydrogens is 166 g/mol. The van der Waals surface area contributed by atoms with Crippen LogP contribution in [0.4, 0.5) is 5.82 Å². The van der Waals surface area contributed by atoms with Gasteiger partial charge in [0.05, 0.1) is 11.1 Å². The second kappa shape index (κ2) is 2.73. The maximum absolute atomic E-state index is 5.61. The predicted molar refractivity (Wildman–Crippen MR) is 50.3 cm³/mol. The minimum absolute atomic E-state index is 0.316. The van der Waals surface area contributed by atoms with Gasteiger partial charge in [-0.05, 0) is 12.0 Å². The van der Waals surface area contributed by atoms with Crippen molar-refractivity contribution in [3.63, 3.8) is 0 Å². The summed E-state index contributed by atoms with van der Waals surface area (Å²) in [6, 6.07) is 1.81. The molecule has 0 radical (unpaired) electrons. The van der Waals surface area contributed by atoms with Gasteiger partial charge < -0.3 is 10.3 Å². The molecule has 0 saturated carbocycles. The average molecular weight is 177 g/mol. The van der Waals surface area contributed by atoms with Crippen LogP contribution in [0.25, 0.3) is 11.0 Å². The van der Waals surface area contributed by atoms with Crippen LogP contribution in [0.15, 0.2) is 16.8 Å². The van der Waals surface area contributed by atoms with Crippen molar-refractivity contribution in [3.8, 4) is 0 Å². The van der Waals surface area contributed by atoms with E-state index in [-0.39, 0.29) is 0 Å². The fourth-order valence-electron chi connectivity index (χ4n) is 1.32. The normalized spacial score (nSPS) is 11.3. The lowest BCUT2D eigenvalue weighted by Crippen LogP contribution is -1.92. The second-order valence-electron chi connectivity index (χ2n) is 3.30. The molecule has 68 valence electrons. The Kier molecular flexibility index (Phi) is 1.69. The van der Waals surface area contributed by atoms with Gasteiger partial charge in [0.15, 0.2) is 11.4 Å². The van der Waals surface area contributed by atoms with Crippen molar-refractivity contribution in [2.24, 2.45) is 0 Å². The van der Waals surface area contributed by atoms with E-state index in [0.717, 1.165) is 11.1 Å². The quantitative estimate of drug-likeness (QED) is 0.722. The van der Waals surface area contributed by atoms with E-state index in [1.54, 1.807) is 6.20 Å². The summed E-state index contributed by atoms with van der Waals surface area (Å²) < 4.78 is 5.10. The highest BCUT2D eigenvalue weighted by Crippen LogP contribution is 2.26. The van der Waals surface area contributed by atoms with Crippen molar-refractivity contribution >= 4 is 16.8 Å². The van der Waals surface area contributed by atoms with E-state index in [0.29, 0.717) is 17.3 Å². The van der Waals surface area contributed by atoms with Crippen LogP contribution in [-0.2, 0) is 0 Å². The Morgan fingerprint density at radius 1 is 1.46 bits per heavy atom. The summed E-state index contributed by atoms with van der Waals surface area (Å²) >= 11 is 0. The summed E-state index contributed by atoms with van der Waals surface area (Å²) in [6.45, 7) is 4.11. The lowest BCUT2D eigenvalue weighted by molar-refractivity contribution is 0.455. The van der Waals surface area contributed by atoms with Gasteiger partial charge in [-0.15, -0.1) is 0 Å². The Morgan fingerprint density at radius 3 is 2.92 bits per heavy atom. The molecule has 0 unspecified atom stereocenters. The number of nitrogen functional groups attached to an aromatic ring is 1. The SMILES string of the molecule is CC(C)c1nccc2c(N)noc12. The Morgan fingerprint density at radius 2 is 2.23 bits per heavy atom. The van der Waals surface area contributed by atoms with Crippen LogP contribution in [-0.4, -0.2) is 10.1 Å². The number of anilines is 1. The van der Waals surface area contributed by atoms with E-state index in [4.69, 9.17) is 10.3 Å².